The van der Waals surface area contributed by atoms with E-state index in [0.29, 0.717) is 38.5 Å². The zero-order chi connectivity index (χ0) is 17.3. The number of hydrogen-bond donors (Lipinski definition) is 1. The van der Waals surface area contributed by atoms with Crippen molar-refractivity contribution in [3.05, 3.63) is 45.9 Å². The molecule has 0 unspecified atom stereocenters. The van der Waals surface area contributed by atoms with Gasteiger partial charge in [0.25, 0.3) is 0 Å². The fourth-order valence-corrected chi connectivity index (χ4v) is 4.03. The number of para-hydroxylation sites is 1. The molecule has 4 nitrogen and oxygen atoms in total. The van der Waals surface area contributed by atoms with E-state index in [0.717, 1.165) is 10.2 Å². The fourth-order valence-electron chi connectivity index (χ4n) is 2.39. The predicted molar refractivity (Wildman–Crippen MR) is 99.8 cm³/mol. The Labute approximate surface area is 153 Å². The van der Waals surface area contributed by atoms with Crippen LogP contribution in [-0.2, 0) is 16.0 Å². The van der Waals surface area contributed by atoms with E-state index in [-0.39, 0.29) is 12.4 Å². The molecule has 0 aliphatic carbocycles. The van der Waals surface area contributed by atoms with Gasteiger partial charge < -0.3 is 10.5 Å². The summed E-state index contributed by atoms with van der Waals surface area (Å²) in [4.78, 5) is 16.3. The lowest BCUT2D eigenvalue weighted by Gasteiger charge is -2.12. The Morgan fingerprint density at radius 2 is 2.08 bits per heavy atom. The van der Waals surface area contributed by atoms with E-state index >= 15 is 0 Å². The fraction of sp³-hybridized carbons (Fsp3) is 0.176. The number of fused-ring (bicyclic) bond motifs is 1. The number of nitrogen functional groups attached to an aromatic ring is 1. The Kier molecular flexibility index (Phi) is 4.94. The Morgan fingerprint density at radius 1 is 1.33 bits per heavy atom. The Hall–Kier alpha value is -1.82. The van der Waals surface area contributed by atoms with Crippen LogP contribution in [0.2, 0.25) is 10.0 Å². The van der Waals surface area contributed by atoms with Crippen LogP contribution in [0, 0.1) is 0 Å². The summed E-state index contributed by atoms with van der Waals surface area (Å²) >= 11 is 14.2. The van der Waals surface area contributed by atoms with Crippen molar-refractivity contribution in [2.45, 2.75) is 13.3 Å². The van der Waals surface area contributed by atoms with Crippen molar-refractivity contribution in [3.8, 4) is 10.6 Å². The molecule has 3 rings (SSSR count). The zero-order valence-corrected chi connectivity index (χ0v) is 15.1. The third-order valence-corrected chi connectivity index (χ3v) is 5.27. The number of aromatic nitrogens is 1. The molecule has 0 aliphatic rings. The van der Waals surface area contributed by atoms with Crippen LogP contribution in [0.5, 0.6) is 0 Å². The number of benzene rings is 2. The summed E-state index contributed by atoms with van der Waals surface area (Å²) < 4.78 is 5.98. The highest BCUT2D eigenvalue weighted by molar-refractivity contribution is 7.21. The number of esters is 1. The summed E-state index contributed by atoms with van der Waals surface area (Å²) in [6.07, 6.45) is 0.0245. The highest BCUT2D eigenvalue weighted by atomic mass is 35.5. The number of hydrogen-bond acceptors (Lipinski definition) is 5. The van der Waals surface area contributed by atoms with Gasteiger partial charge in [-0.25, -0.2) is 4.98 Å². The largest absolute Gasteiger partial charge is 0.466 e. The van der Waals surface area contributed by atoms with Crippen LogP contribution in [0.1, 0.15) is 12.5 Å². The van der Waals surface area contributed by atoms with E-state index < -0.39 is 0 Å². The van der Waals surface area contributed by atoms with Gasteiger partial charge in [0.2, 0.25) is 0 Å². The number of nitrogens with two attached hydrogens (primary N) is 1. The number of thiazole rings is 1. The van der Waals surface area contributed by atoms with Crippen LogP contribution in [0.15, 0.2) is 30.3 Å². The lowest BCUT2D eigenvalue weighted by Crippen LogP contribution is -2.09. The highest BCUT2D eigenvalue weighted by Crippen LogP contribution is 2.42. The molecule has 3 aromatic rings. The number of anilines is 1. The van der Waals surface area contributed by atoms with Crippen LogP contribution < -0.4 is 5.73 Å². The number of rotatable bonds is 4. The highest BCUT2D eigenvalue weighted by Gasteiger charge is 2.20. The van der Waals surface area contributed by atoms with Gasteiger partial charge >= 0.3 is 5.97 Å². The third-order valence-electron chi connectivity index (χ3n) is 3.48. The van der Waals surface area contributed by atoms with Crippen molar-refractivity contribution in [1.29, 1.82) is 0 Å². The average Bonchev–Trinajstić information content (AvgIpc) is 2.96. The van der Waals surface area contributed by atoms with E-state index in [1.54, 1.807) is 13.0 Å². The number of ether oxygens (including phenoxy) is 1. The van der Waals surface area contributed by atoms with Crippen molar-refractivity contribution in [2.75, 3.05) is 12.3 Å². The first-order valence-electron chi connectivity index (χ1n) is 7.29. The SMILES string of the molecule is CCOC(=O)Cc1cc(Cl)c(-c2nc3ccccc3s2)c(N)c1Cl. The summed E-state index contributed by atoms with van der Waals surface area (Å²) in [7, 11) is 0. The van der Waals surface area contributed by atoms with Gasteiger partial charge in [0.05, 0.1) is 44.5 Å². The van der Waals surface area contributed by atoms with Gasteiger partial charge in [0.1, 0.15) is 5.01 Å². The second kappa shape index (κ2) is 6.97. The van der Waals surface area contributed by atoms with Crippen LogP contribution in [0.3, 0.4) is 0 Å². The molecule has 24 heavy (non-hydrogen) atoms. The molecular weight excluding hydrogens is 367 g/mol. The van der Waals surface area contributed by atoms with Crippen LogP contribution in [0.4, 0.5) is 5.69 Å². The molecule has 0 aliphatic heterocycles. The lowest BCUT2D eigenvalue weighted by atomic mass is 10.1. The quantitative estimate of drug-likeness (QED) is 0.513. The lowest BCUT2D eigenvalue weighted by molar-refractivity contribution is -0.142. The first-order chi connectivity index (χ1) is 11.5. The van der Waals surface area contributed by atoms with Gasteiger partial charge in [-0.15, -0.1) is 11.3 Å². The van der Waals surface area contributed by atoms with E-state index in [4.69, 9.17) is 33.7 Å². The Morgan fingerprint density at radius 3 is 2.79 bits per heavy atom. The normalized spacial score (nSPS) is 11.0. The minimum atomic E-state index is -0.373. The van der Waals surface area contributed by atoms with Crippen molar-refractivity contribution >= 4 is 56.4 Å². The molecule has 1 heterocycles. The summed E-state index contributed by atoms with van der Waals surface area (Å²) in [5.74, 6) is -0.373. The summed E-state index contributed by atoms with van der Waals surface area (Å²) in [6.45, 7) is 2.06. The second-order valence-corrected chi connectivity index (χ2v) is 6.90. The molecule has 0 amide bonds. The molecule has 0 saturated carbocycles. The number of halogens is 2. The molecular formula is C17H14Cl2N2O2S. The minimum Gasteiger partial charge on any atom is -0.466 e. The van der Waals surface area contributed by atoms with Crippen molar-refractivity contribution in [2.24, 2.45) is 0 Å². The minimum absolute atomic E-state index is 0.0245. The van der Waals surface area contributed by atoms with Gasteiger partial charge in [-0.1, -0.05) is 35.3 Å². The number of carbonyl (C=O) groups excluding carboxylic acids is 1. The summed E-state index contributed by atoms with van der Waals surface area (Å²) in [6, 6.07) is 9.43. The first-order valence-corrected chi connectivity index (χ1v) is 8.86. The zero-order valence-electron chi connectivity index (χ0n) is 12.8. The number of nitrogens with zero attached hydrogens (tertiary/aromatic N) is 1. The van der Waals surface area contributed by atoms with E-state index in [1.165, 1.54) is 11.3 Å². The van der Waals surface area contributed by atoms with Crippen molar-refractivity contribution < 1.29 is 9.53 Å². The van der Waals surface area contributed by atoms with Gasteiger partial charge in [-0.2, -0.15) is 0 Å². The molecule has 0 bridgehead atoms. The van der Waals surface area contributed by atoms with Gasteiger partial charge in [-0.05, 0) is 30.7 Å². The molecule has 0 fully saturated rings. The maximum atomic E-state index is 11.7. The molecule has 7 heteroatoms. The average molecular weight is 381 g/mol. The third kappa shape index (κ3) is 3.20. The topological polar surface area (TPSA) is 65.2 Å². The molecule has 0 spiro atoms. The van der Waals surface area contributed by atoms with E-state index in [1.807, 2.05) is 24.3 Å². The van der Waals surface area contributed by atoms with Gasteiger partial charge in [-0.3, -0.25) is 4.79 Å². The smallest absolute Gasteiger partial charge is 0.310 e. The van der Waals surface area contributed by atoms with Crippen LogP contribution >= 0.6 is 34.5 Å². The molecule has 0 atom stereocenters. The standard InChI is InChI=1S/C17H14Cl2N2O2S/c1-2-23-13(22)8-9-7-10(18)14(16(20)15(9)19)17-21-11-5-3-4-6-12(11)24-17/h3-7H,2,8,20H2,1H3. The Balaban J connectivity index is 2.06. The first kappa shape index (κ1) is 17.0. The Bertz CT molecular complexity index is 891. The maximum Gasteiger partial charge on any atom is 0.310 e. The van der Waals surface area contributed by atoms with Gasteiger partial charge in [0.15, 0.2) is 0 Å². The van der Waals surface area contributed by atoms with E-state index in [9.17, 15) is 4.79 Å². The van der Waals surface area contributed by atoms with E-state index in [2.05, 4.69) is 4.98 Å². The van der Waals surface area contributed by atoms with Crippen molar-refractivity contribution in [1.82, 2.24) is 4.98 Å². The molecule has 2 aromatic carbocycles. The van der Waals surface area contributed by atoms with Crippen LogP contribution in [-0.4, -0.2) is 17.6 Å². The molecule has 0 saturated heterocycles. The van der Waals surface area contributed by atoms with Crippen LogP contribution in [0.25, 0.3) is 20.8 Å². The predicted octanol–water partition coefficient (Wildman–Crippen LogP) is 4.96. The number of carbonyl (C=O) groups is 1. The monoisotopic (exact) mass is 380 g/mol. The summed E-state index contributed by atoms with van der Waals surface area (Å²) in [5.41, 5.74) is 8.52. The van der Waals surface area contributed by atoms with Crippen molar-refractivity contribution in [3.63, 3.8) is 0 Å². The molecule has 2 N–H and O–H groups in total. The summed E-state index contributed by atoms with van der Waals surface area (Å²) in [5, 5.41) is 1.42. The molecule has 1 aromatic heterocycles. The molecule has 124 valence electrons. The molecule has 0 radical (unpaired) electrons. The second-order valence-electron chi connectivity index (χ2n) is 5.09. The maximum absolute atomic E-state index is 11.7. The van der Waals surface area contributed by atoms with Gasteiger partial charge in [0, 0.05) is 0 Å².